The maximum Gasteiger partial charge on any atom is 0.328 e. The van der Waals surface area contributed by atoms with E-state index < -0.39 is 172 Å². The van der Waals surface area contributed by atoms with E-state index in [1.54, 1.807) is 104 Å². The van der Waals surface area contributed by atoms with Crippen LogP contribution in [0.25, 0.3) is 0 Å². The summed E-state index contributed by atoms with van der Waals surface area (Å²) in [4.78, 5) is 169. The molecule has 0 fully saturated rings. The highest BCUT2D eigenvalue weighted by Gasteiger charge is 2.42. The highest BCUT2D eigenvalue weighted by Crippen LogP contribution is 2.19. The maximum atomic E-state index is 14.7. The fourth-order valence-corrected chi connectivity index (χ4v) is 9.61. The summed E-state index contributed by atoms with van der Waals surface area (Å²) >= 11 is 0. The smallest absolute Gasteiger partial charge is 0.328 e. The number of methoxy groups -OCH3 is 1. The van der Waals surface area contributed by atoms with Gasteiger partial charge in [-0.15, -0.1) is 0 Å². The lowest BCUT2D eigenvalue weighted by atomic mass is 9.96. The summed E-state index contributed by atoms with van der Waals surface area (Å²) in [6.07, 6.45) is 5.65. The first-order valence-electron chi connectivity index (χ1n) is 36.0. The predicted molar refractivity (Wildman–Crippen MR) is 388 cm³/mol. The van der Waals surface area contributed by atoms with Gasteiger partial charge in [0.2, 0.25) is 65.0 Å². The van der Waals surface area contributed by atoms with E-state index in [1.807, 2.05) is 34.6 Å². The fraction of sp³-hybridized carbons (Fsp3) is 0.836. The van der Waals surface area contributed by atoms with E-state index in [4.69, 9.17) is 23.7 Å². The Bertz CT molecular complexity index is 2710. The second kappa shape index (κ2) is 42.3. The maximum absolute atomic E-state index is 14.7. The van der Waals surface area contributed by atoms with Crippen LogP contribution >= 0.6 is 0 Å². The zero-order chi connectivity index (χ0) is 78.6. The molecule has 9 atom stereocenters. The Morgan fingerprint density at radius 1 is 0.327 bits per heavy atom. The molecule has 584 valence electrons. The summed E-state index contributed by atoms with van der Waals surface area (Å²) in [6, 6.07) is -10.6. The number of carbonyl (C=O) groups is 12. The minimum Gasteiger partial charge on any atom is -0.467 e. The van der Waals surface area contributed by atoms with Crippen LogP contribution in [0.5, 0.6) is 0 Å². The van der Waals surface area contributed by atoms with Crippen molar-refractivity contribution in [1.82, 2.24) is 58.5 Å². The number of amides is 11. The number of hydrogen-bond acceptors (Lipinski definition) is 17. The Morgan fingerprint density at radius 2 is 0.614 bits per heavy atom. The molecular formula is C73H135N11O17. The monoisotopic (exact) mass is 1440 g/mol. The molecule has 0 aliphatic heterocycles. The van der Waals surface area contributed by atoms with Crippen molar-refractivity contribution in [2.75, 3.05) is 33.5 Å². The highest BCUT2D eigenvalue weighted by molar-refractivity contribution is 6.01. The Kier molecular flexibility index (Phi) is 39.6. The van der Waals surface area contributed by atoms with Gasteiger partial charge in [-0.05, 0) is 174 Å². The average molecular weight is 1440 g/mol. The molecule has 0 radical (unpaired) electrons. The Morgan fingerprint density at radius 3 is 0.921 bits per heavy atom. The van der Waals surface area contributed by atoms with Crippen LogP contribution in [-0.4, -0.2) is 192 Å². The van der Waals surface area contributed by atoms with Gasteiger partial charge in [0.15, 0.2) is 0 Å². The largest absolute Gasteiger partial charge is 0.467 e. The molecule has 0 saturated carbocycles. The van der Waals surface area contributed by atoms with E-state index in [9.17, 15) is 57.5 Å². The normalized spacial score (nSPS) is 15.2. The summed E-state index contributed by atoms with van der Waals surface area (Å²) in [6.45, 7) is 44.6. The number of rotatable bonds is 44. The quantitative estimate of drug-likeness (QED) is 0.0264. The Hall–Kier alpha value is -6.52. The fourth-order valence-electron chi connectivity index (χ4n) is 9.61. The molecule has 11 amide bonds. The summed E-state index contributed by atoms with van der Waals surface area (Å²) < 4.78 is 29.0. The minimum absolute atomic E-state index is 0.000514. The SMILES string of the molecule is CCCCCCCC(=O)NC(C)(C)C(=O)NC(COC(C)(C)C)C(=O)NC(CC(C)C)C(=O)NC(C)(C)C(=O)NC(COC(C)(C)C)C(=O)NC(COC(C)(C)C)C(=O)NC(CC(C)C)C(=O)NC(C)(C)C(=O)NC(COC(C)(C)C)C(=O)NC(C(=O)NC(CC(C)C)C(=O)OC)C(C)CC. The second-order valence-corrected chi connectivity index (χ2v) is 33.4. The van der Waals surface area contributed by atoms with Gasteiger partial charge in [-0.1, -0.05) is 94.4 Å². The van der Waals surface area contributed by atoms with E-state index in [0.717, 1.165) is 25.7 Å². The van der Waals surface area contributed by atoms with Crippen molar-refractivity contribution in [3.63, 3.8) is 0 Å². The van der Waals surface area contributed by atoms with Crippen molar-refractivity contribution in [2.45, 2.75) is 339 Å². The molecule has 0 aliphatic rings. The number of ether oxygens (including phenoxy) is 5. The third-order valence-corrected chi connectivity index (χ3v) is 15.7. The number of esters is 1. The molecule has 0 aromatic heterocycles. The van der Waals surface area contributed by atoms with Crippen LogP contribution < -0.4 is 58.5 Å². The van der Waals surface area contributed by atoms with Gasteiger partial charge in [0.25, 0.3) is 0 Å². The summed E-state index contributed by atoms with van der Waals surface area (Å²) in [5.74, 6) is -9.87. The molecule has 28 nitrogen and oxygen atoms in total. The first-order chi connectivity index (χ1) is 46.0. The van der Waals surface area contributed by atoms with Gasteiger partial charge < -0.3 is 82.2 Å². The number of unbranched alkanes of at least 4 members (excludes halogenated alkanes) is 4. The van der Waals surface area contributed by atoms with Crippen molar-refractivity contribution in [3.05, 3.63) is 0 Å². The number of hydrogen-bond donors (Lipinski definition) is 11. The van der Waals surface area contributed by atoms with Crippen molar-refractivity contribution in [1.29, 1.82) is 0 Å². The van der Waals surface area contributed by atoms with Gasteiger partial charge >= 0.3 is 5.97 Å². The lowest BCUT2D eigenvalue weighted by Crippen LogP contribution is -2.65. The molecule has 0 aromatic rings. The molecule has 0 bridgehead atoms. The van der Waals surface area contributed by atoms with Gasteiger partial charge in [0.1, 0.15) is 65.0 Å². The molecule has 0 rings (SSSR count). The first-order valence-corrected chi connectivity index (χ1v) is 36.0. The van der Waals surface area contributed by atoms with Crippen LogP contribution in [-0.2, 0) is 81.2 Å². The van der Waals surface area contributed by atoms with Gasteiger partial charge in [0.05, 0.1) is 55.9 Å². The Balaban J connectivity index is 7.12. The highest BCUT2D eigenvalue weighted by atomic mass is 16.5. The molecule has 28 heteroatoms. The van der Waals surface area contributed by atoms with Crippen molar-refractivity contribution in [3.8, 4) is 0 Å². The third kappa shape index (κ3) is 39.1. The topological polar surface area (TPSA) is 383 Å². The molecule has 0 spiro atoms. The molecular weight excluding hydrogens is 1300 g/mol. The van der Waals surface area contributed by atoms with Gasteiger partial charge in [-0.25, -0.2) is 4.79 Å². The van der Waals surface area contributed by atoms with E-state index in [1.165, 1.54) is 48.7 Å². The van der Waals surface area contributed by atoms with Crippen LogP contribution in [0.15, 0.2) is 0 Å². The second-order valence-electron chi connectivity index (χ2n) is 33.4. The number of nitrogens with one attached hydrogen (secondary N) is 11. The van der Waals surface area contributed by atoms with Gasteiger partial charge in [-0.2, -0.15) is 0 Å². The zero-order valence-corrected chi connectivity index (χ0v) is 66.8. The molecule has 11 N–H and O–H groups in total. The third-order valence-electron chi connectivity index (χ3n) is 15.7. The van der Waals surface area contributed by atoms with Crippen LogP contribution in [0, 0.1) is 23.7 Å². The molecule has 9 unspecified atom stereocenters. The van der Waals surface area contributed by atoms with Gasteiger partial charge in [-0.3, -0.25) is 52.7 Å². The summed E-state index contributed by atoms with van der Waals surface area (Å²) in [5, 5.41) is 29.9. The molecule has 0 aliphatic carbocycles. The van der Waals surface area contributed by atoms with Crippen molar-refractivity contribution >= 4 is 70.9 Å². The van der Waals surface area contributed by atoms with E-state index in [-0.39, 0.29) is 62.6 Å². The standard InChI is InChI=1S/C73H135N11O17/c1-29-31-32-33-34-35-54(85)82-71(22,23)64(94)78-51(40-99-68(13,14)15)57(87)75-48(37-44(5)6)61(91)84-72(24,25)65(95)79-52(41-100-69(16,17)18)58(88)77-50(39-98-67(10,11)12)56(86)74-47(36-43(3)4)60(90)83-73(26,27)66(96)80-53(42-101-70(19,20)21)59(89)81-55(46(9)30-2)62(92)76-49(38-45(7)8)63(93)97-28/h43-53,55H,29-42H2,1-28H3,(H,74,86)(H,75,87)(H,76,92)(H,77,88)(H,78,94)(H,79,95)(H,80,96)(H,81,89)(H,82,85)(H,83,90)(H,84,91). The predicted octanol–water partition coefficient (Wildman–Crippen LogP) is 5.53. The summed E-state index contributed by atoms with van der Waals surface area (Å²) in [5.41, 5.74) is -8.35. The van der Waals surface area contributed by atoms with Crippen molar-refractivity contribution < 1.29 is 81.2 Å². The van der Waals surface area contributed by atoms with E-state index in [2.05, 4.69) is 65.4 Å². The molecule has 101 heavy (non-hydrogen) atoms. The molecule has 0 aromatic carbocycles. The van der Waals surface area contributed by atoms with Gasteiger partial charge in [0, 0.05) is 6.42 Å². The molecule has 0 heterocycles. The molecule has 0 saturated heterocycles. The lowest BCUT2D eigenvalue weighted by molar-refractivity contribution is -0.146. The Labute approximate surface area is 604 Å². The van der Waals surface area contributed by atoms with Crippen molar-refractivity contribution in [2.24, 2.45) is 23.7 Å². The summed E-state index contributed by atoms with van der Waals surface area (Å²) in [7, 11) is 1.21. The van der Waals surface area contributed by atoms with E-state index in [0.29, 0.717) is 12.8 Å². The minimum atomic E-state index is -1.81. The average Bonchev–Trinajstić information content (AvgIpc) is 0.841. The van der Waals surface area contributed by atoms with Crippen LogP contribution in [0.4, 0.5) is 0 Å². The van der Waals surface area contributed by atoms with E-state index >= 15 is 0 Å². The van der Waals surface area contributed by atoms with Crippen LogP contribution in [0.1, 0.15) is 251 Å². The lowest BCUT2D eigenvalue weighted by Gasteiger charge is -2.33. The van der Waals surface area contributed by atoms with Crippen LogP contribution in [0.2, 0.25) is 0 Å². The number of carbonyl (C=O) groups excluding carboxylic acids is 12. The van der Waals surface area contributed by atoms with Crippen LogP contribution in [0.3, 0.4) is 0 Å². The zero-order valence-electron chi connectivity index (χ0n) is 66.8. The first kappa shape index (κ1) is 94.5.